The van der Waals surface area contributed by atoms with Crippen LogP contribution in [0.15, 0.2) is 24.3 Å². The van der Waals surface area contributed by atoms with E-state index in [9.17, 15) is 9.59 Å². The predicted octanol–water partition coefficient (Wildman–Crippen LogP) is 2.37. The van der Waals surface area contributed by atoms with Crippen molar-refractivity contribution >= 4 is 28.5 Å². The summed E-state index contributed by atoms with van der Waals surface area (Å²) in [6, 6.07) is 7.67. The summed E-state index contributed by atoms with van der Waals surface area (Å²) in [6.07, 6.45) is -0.271. The first-order valence-corrected chi connectivity index (χ1v) is 6.14. The first-order valence-electron chi connectivity index (χ1n) is 6.14. The standard InChI is InChI=1S/C14H16N2O3/c1-3-19-13(18)8-12(17)16-14-9(2)15-11-7-5-4-6-10(11)14/h4-7,15H,3,8H2,1-2H3,(H,16,17). The first kappa shape index (κ1) is 13.1. The first-order chi connectivity index (χ1) is 9.11. The molecule has 100 valence electrons. The fourth-order valence-corrected chi connectivity index (χ4v) is 1.96. The Kier molecular flexibility index (Phi) is 3.85. The normalized spacial score (nSPS) is 10.4. The largest absolute Gasteiger partial charge is 0.466 e. The zero-order valence-corrected chi connectivity index (χ0v) is 10.9. The molecule has 1 aromatic carbocycles. The number of aryl methyl sites for hydroxylation is 1. The number of anilines is 1. The quantitative estimate of drug-likeness (QED) is 0.655. The molecule has 2 aromatic rings. The second-order valence-corrected chi connectivity index (χ2v) is 4.20. The number of hydrogen-bond donors (Lipinski definition) is 2. The highest BCUT2D eigenvalue weighted by atomic mass is 16.5. The molecule has 0 saturated heterocycles. The summed E-state index contributed by atoms with van der Waals surface area (Å²) >= 11 is 0. The van der Waals surface area contributed by atoms with E-state index < -0.39 is 5.97 Å². The number of ether oxygens (including phenoxy) is 1. The lowest BCUT2D eigenvalue weighted by molar-refractivity contribution is -0.145. The van der Waals surface area contributed by atoms with Crippen LogP contribution in [0.3, 0.4) is 0 Å². The van der Waals surface area contributed by atoms with Crippen LogP contribution in [0, 0.1) is 6.92 Å². The van der Waals surface area contributed by atoms with Gasteiger partial charge in [-0.3, -0.25) is 9.59 Å². The molecule has 1 amide bonds. The Balaban J connectivity index is 2.15. The summed E-state index contributed by atoms with van der Waals surface area (Å²) in [7, 11) is 0. The fraction of sp³-hybridized carbons (Fsp3) is 0.286. The lowest BCUT2D eigenvalue weighted by Crippen LogP contribution is -2.18. The third-order valence-electron chi connectivity index (χ3n) is 2.77. The molecule has 0 aliphatic carbocycles. The van der Waals surface area contributed by atoms with Crippen molar-refractivity contribution in [3.8, 4) is 0 Å². The highest BCUT2D eigenvalue weighted by Gasteiger charge is 2.14. The maximum Gasteiger partial charge on any atom is 0.315 e. The minimum Gasteiger partial charge on any atom is -0.466 e. The lowest BCUT2D eigenvalue weighted by Gasteiger charge is -2.05. The van der Waals surface area contributed by atoms with Crippen LogP contribution in [0.4, 0.5) is 5.69 Å². The smallest absolute Gasteiger partial charge is 0.315 e. The van der Waals surface area contributed by atoms with Gasteiger partial charge < -0.3 is 15.0 Å². The average molecular weight is 260 g/mol. The number of amides is 1. The number of aromatic amines is 1. The summed E-state index contributed by atoms with van der Waals surface area (Å²) < 4.78 is 4.74. The Morgan fingerprint density at radius 2 is 2.05 bits per heavy atom. The van der Waals surface area contributed by atoms with Crippen molar-refractivity contribution in [2.24, 2.45) is 0 Å². The molecule has 1 heterocycles. The number of carbonyl (C=O) groups excluding carboxylic acids is 2. The number of benzene rings is 1. The summed E-state index contributed by atoms with van der Waals surface area (Å²) in [5.74, 6) is -0.885. The average Bonchev–Trinajstić information content (AvgIpc) is 2.66. The van der Waals surface area contributed by atoms with E-state index in [-0.39, 0.29) is 18.9 Å². The molecule has 2 N–H and O–H groups in total. The maximum atomic E-state index is 11.8. The van der Waals surface area contributed by atoms with E-state index in [0.29, 0.717) is 5.69 Å². The molecule has 0 spiro atoms. The van der Waals surface area contributed by atoms with E-state index in [1.165, 1.54) is 0 Å². The van der Waals surface area contributed by atoms with Gasteiger partial charge in [-0.15, -0.1) is 0 Å². The molecule has 0 saturated carbocycles. The number of nitrogens with one attached hydrogen (secondary N) is 2. The number of carbonyl (C=O) groups is 2. The van der Waals surface area contributed by atoms with Crippen LogP contribution < -0.4 is 5.32 Å². The van der Waals surface area contributed by atoms with Gasteiger partial charge in [0.05, 0.1) is 12.3 Å². The van der Waals surface area contributed by atoms with Gasteiger partial charge in [-0.1, -0.05) is 18.2 Å². The molecule has 19 heavy (non-hydrogen) atoms. The van der Waals surface area contributed by atoms with Crippen molar-refractivity contribution < 1.29 is 14.3 Å². The van der Waals surface area contributed by atoms with Crippen molar-refractivity contribution in [1.29, 1.82) is 0 Å². The van der Waals surface area contributed by atoms with Crippen LogP contribution in [-0.4, -0.2) is 23.5 Å². The molecule has 5 heteroatoms. The Morgan fingerprint density at radius 1 is 1.32 bits per heavy atom. The zero-order chi connectivity index (χ0) is 13.8. The van der Waals surface area contributed by atoms with Crippen molar-refractivity contribution in [2.75, 3.05) is 11.9 Å². The summed E-state index contributed by atoms with van der Waals surface area (Å²) in [5, 5.41) is 3.68. The number of aromatic nitrogens is 1. The van der Waals surface area contributed by atoms with E-state index in [0.717, 1.165) is 16.6 Å². The van der Waals surface area contributed by atoms with Crippen LogP contribution in [0.25, 0.3) is 10.9 Å². The van der Waals surface area contributed by atoms with Gasteiger partial charge in [0, 0.05) is 16.6 Å². The van der Waals surface area contributed by atoms with Gasteiger partial charge in [0.15, 0.2) is 0 Å². The van der Waals surface area contributed by atoms with Gasteiger partial charge in [0.1, 0.15) is 6.42 Å². The molecule has 0 aliphatic rings. The van der Waals surface area contributed by atoms with Crippen molar-refractivity contribution in [3.63, 3.8) is 0 Å². The molecule has 5 nitrogen and oxygen atoms in total. The monoisotopic (exact) mass is 260 g/mol. The molecule has 0 fully saturated rings. The molecule has 2 rings (SSSR count). The van der Waals surface area contributed by atoms with Gasteiger partial charge in [0.25, 0.3) is 0 Å². The van der Waals surface area contributed by atoms with Crippen molar-refractivity contribution in [3.05, 3.63) is 30.0 Å². The molecule has 0 bridgehead atoms. The van der Waals surface area contributed by atoms with Crippen LogP contribution in [0.5, 0.6) is 0 Å². The third-order valence-corrected chi connectivity index (χ3v) is 2.77. The molecular weight excluding hydrogens is 244 g/mol. The molecule has 0 radical (unpaired) electrons. The summed E-state index contributed by atoms with van der Waals surface area (Å²) in [5.41, 5.74) is 2.52. The Hall–Kier alpha value is -2.30. The topological polar surface area (TPSA) is 71.2 Å². The minimum absolute atomic E-state index is 0.271. The van der Waals surface area contributed by atoms with Crippen molar-refractivity contribution in [2.45, 2.75) is 20.3 Å². The molecular formula is C14H16N2O3. The SMILES string of the molecule is CCOC(=O)CC(=O)Nc1c(C)[nH]c2ccccc12. The summed E-state index contributed by atoms with van der Waals surface area (Å²) in [4.78, 5) is 26.2. The molecule has 0 atom stereocenters. The Morgan fingerprint density at radius 3 is 2.79 bits per heavy atom. The van der Waals surface area contributed by atoms with Crippen molar-refractivity contribution in [1.82, 2.24) is 4.98 Å². The molecule has 0 unspecified atom stereocenters. The van der Waals surface area contributed by atoms with Crippen LogP contribution in [0.2, 0.25) is 0 Å². The zero-order valence-electron chi connectivity index (χ0n) is 10.9. The van der Waals surface area contributed by atoms with Crippen LogP contribution >= 0.6 is 0 Å². The predicted molar refractivity (Wildman–Crippen MR) is 72.9 cm³/mol. The van der Waals surface area contributed by atoms with E-state index in [4.69, 9.17) is 4.74 Å². The number of para-hydroxylation sites is 1. The second-order valence-electron chi connectivity index (χ2n) is 4.20. The van der Waals surface area contributed by atoms with Gasteiger partial charge in [-0.05, 0) is 19.9 Å². The van der Waals surface area contributed by atoms with Gasteiger partial charge in [-0.25, -0.2) is 0 Å². The highest BCUT2D eigenvalue weighted by molar-refractivity contribution is 6.07. The Bertz CT molecular complexity index is 616. The molecule has 1 aromatic heterocycles. The fourth-order valence-electron chi connectivity index (χ4n) is 1.96. The Labute approximate surface area is 110 Å². The number of fused-ring (bicyclic) bond motifs is 1. The van der Waals surface area contributed by atoms with Gasteiger partial charge >= 0.3 is 5.97 Å². The second kappa shape index (κ2) is 5.56. The van der Waals surface area contributed by atoms with E-state index in [1.54, 1.807) is 6.92 Å². The molecule has 0 aliphatic heterocycles. The van der Waals surface area contributed by atoms with E-state index in [1.807, 2.05) is 31.2 Å². The number of rotatable bonds is 4. The van der Waals surface area contributed by atoms with Crippen LogP contribution in [-0.2, 0) is 14.3 Å². The highest BCUT2D eigenvalue weighted by Crippen LogP contribution is 2.26. The maximum absolute atomic E-state index is 11.8. The number of H-pyrrole nitrogens is 1. The third kappa shape index (κ3) is 2.93. The van der Waals surface area contributed by atoms with E-state index >= 15 is 0 Å². The van der Waals surface area contributed by atoms with Crippen LogP contribution in [0.1, 0.15) is 19.0 Å². The minimum atomic E-state index is -0.516. The van der Waals surface area contributed by atoms with Gasteiger partial charge in [0.2, 0.25) is 5.91 Å². The summed E-state index contributed by atoms with van der Waals surface area (Å²) in [6.45, 7) is 3.86. The van der Waals surface area contributed by atoms with Gasteiger partial charge in [-0.2, -0.15) is 0 Å². The van der Waals surface area contributed by atoms with E-state index in [2.05, 4.69) is 10.3 Å². The lowest BCUT2D eigenvalue weighted by atomic mass is 10.2. The number of esters is 1. The number of hydrogen-bond acceptors (Lipinski definition) is 3.